The van der Waals surface area contributed by atoms with Crippen molar-refractivity contribution in [3.8, 4) is 0 Å². The molecule has 2 rings (SSSR count). The van der Waals surface area contributed by atoms with Crippen molar-refractivity contribution in [2.45, 2.75) is 12.8 Å². The summed E-state index contributed by atoms with van der Waals surface area (Å²) in [6.45, 7) is 2.25. The van der Waals surface area contributed by atoms with Gasteiger partial charge in [-0.25, -0.2) is 4.98 Å². The van der Waals surface area contributed by atoms with E-state index in [0.29, 0.717) is 22.8 Å². The monoisotopic (exact) mass is 329 g/mol. The first-order valence-corrected chi connectivity index (χ1v) is 6.96. The third-order valence-corrected chi connectivity index (χ3v) is 3.59. The van der Waals surface area contributed by atoms with Crippen LogP contribution in [0.4, 0.5) is 11.5 Å². The Morgan fingerprint density at radius 3 is 3.11 bits per heavy atom. The first-order valence-electron chi connectivity index (χ1n) is 6.16. The number of halogens is 1. The van der Waals surface area contributed by atoms with Crippen LogP contribution in [-0.4, -0.2) is 36.7 Å². The van der Waals surface area contributed by atoms with E-state index in [2.05, 4.69) is 20.9 Å². The summed E-state index contributed by atoms with van der Waals surface area (Å²) in [4.78, 5) is 16.7. The van der Waals surface area contributed by atoms with Crippen molar-refractivity contribution < 1.29 is 9.66 Å². The van der Waals surface area contributed by atoms with Gasteiger partial charge in [0.2, 0.25) is 5.82 Å². The summed E-state index contributed by atoms with van der Waals surface area (Å²) < 4.78 is 6.04. The topological polar surface area (TPSA) is 68.5 Å². The Balaban J connectivity index is 2.13. The van der Waals surface area contributed by atoms with Crippen LogP contribution in [0.2, 0.25) is 0 Å². The molecule has 0 radical (unpaired) electrons. The molecule has 1 saturated heterocycles. The van der Waals surface area contributed by atoms with Crippen molar-refractivity contribution in [3.05, 3.63) is 26.9 Å². The summed E-state index contributed by atoms with van der Waals surface area (Å²) in [6.07, 6.45) is 3.72. The molecular weight excluding hydrogens is 314 g/mol. The van der Waals surface area contributed by atoms with E-state index in [1.807, 2.05) is 11.9 Å². The Bertz CT molecular complexity index is 464. The van der Waals surface area contributed by atoms with E-state index in [9.17, 15) is 10.1 Å². The molecule has 0 aliphatic carbocycles. The maximum atomic E-state index is 11.1. The number of aromatic nitrogens is 1. The van der Waals surface area contributed by atoms with Gasteiger partial charge in [-0.2, -0.15) is 0 Å². The summed E-state index contributed by atoms with van der Waals surface area (Å²) in [5.74, 6) is 0.808. The van der Waals surface area contributed by atoms with Gasteiger partial charge < -0.3 is 9.64 Å². The third-order valence-electron chi connectivity index (χ3n) is 3.16. The van der Waals surface area contributed by atoms with Gasteiger partial charge in [-0.3, -0.25) is 10.1 Å². The van der Waals surface area contributed by atoms with Crippen LogP contribution >= 0.6 is 15.9 Å². The Kier molecular flexibility index (Phi) is 4.71. The lowest BCUT2D eigenvalue weighted by molar-refractivity contribution is -0.384. The fourth-order valence-corrected chi connectivity index (χ4v) is 2.59. The molecule has 2 heterocycles. The minimum Gasteiger partial charge on any atom is -0.381 e. The van der Waals surface area contributed by atoms with Crippen molar-refractivity contribution in [1.29, 1.82) is 0 Å². The smallest absolute Gasteiger partial charge is 0.312 e. The number of nitrogens with zero attached hydrogens (tertiary/aromatic N) is 3. The number of hydrogen-bond donors (Lipinski definition) is 0. The molecule has 6 nitrogen and oxygen atoms in total. The van der Waals surface area contributed by atoms with E-state index < -0.39 is 4.92 Å². The van der Waals surface area contributed by atoms with Crippen LogP contribution in [0, 0.1) is 16.0 Å². The van der Waals surface area contributed by atoms with E-state index in [4.69, 9.17) is 4.74 Å². The molecule has 1 aliphatic rings. The minimum absolute atomic E-state index is 0.0219. The predicted molar refractivity (Wildman–Crippen MR) is 75.4 cm³/mol. The zero-order chi connectivity index (χ0) is 13.8. The second-order valence-electron chi connectivity index (χ2n) is 4.72. The molecule has 1 unspecified atom stereocenters. The Morgan fingerprint density at radius 1 is 1.68 bits per heavy atom. The average molecular weight is 330 g/mol. The molecule has 0 bridgehead atoms. The number of pyridine rings is 1. The van der Waals surface area contributed by atoms with Crippen LogP contribution in [0.5, 0.6) is 0 Å². The van der Waals surface area contributed by atoms with Crippen LogP contribution in [0.1, 0.15) is 12.8 Å². The van der Waals surface area contributed by atoms with E-state index in [1.165, 1.54) is 6.07 Å². The first kappa shape index (κ1) is 14.2. The average Bonchev–Trinajstić information content (AvgIpc) is 2.39. The van der Waals surface area contributed by atoms with E-state index in [0.717, 1.165) is 26.0 Å². The van der Waals surface area contributed by atoms with Gasteiger partial charge in [-0.05, 0) is 34.7 Å². The minimum atomic E-state index is -0.402. The largest absolute Gasteiger partial charge is 0.381 e. The van der Waals surface area contributed by atoms with Gasteiger partial charge in [0.05, 0.1) is 11.5 Å². The van der Waals surface area contributed by atoms with Crippen molar-refractivity contribution in [2.75, 3.05) is 31.7 Å². The Hall–Kier alpha value is -1.21. The first-order chi connectivity index (χ1) is 9.08. The van der Waals surface area contributed by atoms with Crippen molar-refractivity contribution in [1.82, 2.24) is 4.98 Å². The highest BCUT2D eigenvalue weighted by Gasteiger charge is 2.22. The second kappa shape index (κ2) is 6.29. The molecule has 1 fully saturated rings. The summed E-state index contributed by atoms with van der Waals surface area (Å²) in [7, 11) is 1.83. The molecule has 1 aliphatic heterocycles. The maximum Gasteiger partial charge on any atom is 0.312 e. The highest BCUT2D eigenvalue weighted by molar-refractivity contribution is 9.10. The summed E-state index contributed by atoms with van der Waals surface area (Å²) >= 11 is 3.21. The van der Waals surface area contributed by atoms with Gasteiger partial charge >= 0.3 is 5.69 Å². The third kappa shape index (κ3) is 3.63. The standard InChI is InChI=1S/C12H16BrN3O3/c1-15(7-9-3-2-4-19-8-9)12-11(16(17)18)5-10(13)6-14-12/h5-6,9H,2-4,7-8H2,1H3. The van der Waals surface area contributed by atoms with Gasteiger partial charge in [0.15, 0.2) is 0 Å². The zero-order valence-corrected chi connectivity index (χ0v) is 12.3. The normalized spacial score (nSPS) is 19.2. The molecule has 0 amide bonds. The fraction of sp³-hybridized carbons (Fsp3) is 0.583. The lowest BCUT2D eigenvalue weighted by atomic mass is 10.0. The summed E-state index contributed by atoms with van der Waals surface area (Å²) in [5, 5.41) is 11.1. The van der Waals surface area contributed by atoms with Gasteiger partial charge in [0.25, 0.3) is 0 Å². The van der Waals surface area contributed by atoms with Gasteiger partial charge in [0.1, 0.15) is 0 Å². The van der Waals surface area contributed by atoms with Crippen LogP contribution in [0.3, 0.4) is 0 Å². The number of rotatable bonds is 4. The Labute approximate surface area is 120 Å². The van der Waals surface area contributed by atoms with Crippen LogP contribution < -0.4 is 4.90 Å². The van der Waals surface area contributed by atoms with E-state index >= 15 is 0 Å². The molecular formula is C12H16BrN3O3. The molecule has 1 aromatic heterocycles. The number of ether oxygens (including phenoxy) is 1. The van der Waals surface area contributed by atoms with Gasteiger partial charge in [-0.15, -0.1) is 0 Å². The maximum absolute atomic E-state index is 11.1. The molecule has 104 valence electrons. The van der Waals surface area contributed by atoms with Gasteiger partial charge in [-0.1, -0.05) is 0 Å². The number of anilines is 1. The molecule has 7 heteroatoms. The molecule has 0 spiro atoms. The van der Waals surface area contributed by atoms with Crippen LogP contribution in [0.15, 0.2) is 16.7 Å². The van der Waals surface area contributed by atoms with Crippen molar-refractivity contribution in [3.63, 3.8) is 0 Å². The van der Waals surface area contributed by atoms with Crippen LogP contribution in [0.25, 0.3) is 0 Å². The number of hydrogen-bond acceptors (Lipinski definition) is 5. The highest BCUT2D eigenvalue weighted by Crippen LogP contribution is 2.29. The molecule has 0 aromatic carbocycles. The predicted octanol–water partition coefficient (Wildman–Crippen LogP) is 2.62. The van der Waals surface area contributed by atoms with E-state index in [1.54, 1.807) is 6.20 Å². The van der Waals surface area contributed by atoms with Crippen molar-refractivity contribution in [2.24, 2.45) is 5.92 Å². The molecule has 1 atom stereocenters. The lowest BCUT2D eigenvalue weighted by Gasteiger charge is -2.27. The molecule has 19 heavy (non-hydrogen) atoms. The van der Waals surface area contributed by atoms with Gasteiger partial charge in [0, 0.05) is 36.9 Å². The number of nitro groups is 1. The molecule has 0 N–H and O–H groups in total. The molecule has 1 aromatic rings. The van der Waals surface area contributed by atoms with E-state index in [-0.39, 0.29) is 5.69 Å². The molecule has 0 saturated carbocycles. The van der Waals surface area contributed by atoms with Crippen LogP contribution in [-0.2, 0) is 4.74 Å². The SMILES string of the molecule is CN(CC1CCCOC1)c1ncc(Br)cc1[N+](=O)[O-]. The highest BCUT2D eigenvalue weighted by atomic mass is 79.9. The quantitative estimate of drug-likeness (QED) is 0.627. The zero-order valence-electron chi connectivity index (χ0n) is 10.7. The summed E-state index contributed by atoms with van der Waals surface area (Å²) in [6, 6.07) is 1.48. The lowest BCUT2D eigenvalue weighted by Crippen LogP contribution is -2.31. The second-order valence-corrected chi connectivity index (χ2v) is 5.63. The summed E-state index contributed by atoms with van der Waals surface area (Å²) in [5.41, 5.74) is 0.0219. The fourth-order valence-electron chi connectivity index (χ4n) is 2.27. The van der Waals surface area contributed by atoms with Crippen molar-refractivity contribution >= 4 is 27.4 Å². The Morgan fingerprint density at radius 2 is 2.47 bits per heavy atom.